The first-order valence-corrected chi connectivity index (χ1v) is 4.64. The van der Waals surface area contributed by atoms with Gasteiger partial charge in [-0.25, -0.2) is 0 Å². The summed E-state index contributed by atoms with van der Waals surface area (Å²) in [4.78, 5) is 10.9. The van der Waals surface area contributed by atoms with Crippen molar-refractivity contribution in [2.24, 2.45) is 5.41 Å². The highest BCUT2D eigenvalue weighted by Crippen LogP contribution is 2.56. The van der Waals surface area contributed by atoms with Gasteiger partial charge < -0.3 is 4.74 Å². The van der Waals surface area contributed by atoms with E-state index in [1.165, 1.54) is 6.92 Å². The van der Waals surface area contributed by atoms with Gasteiger partial charge in [-0.05, 0) is 19.3 Å². The number of nitriles is 1. The highest BCUT2D eigenvalue weighted by molar-refractivity contribution is 5.67. The number of rotatable bonds is 3. The monoisotopic (exact) mass is 191 g/mol. The van der Waals surface area contributed by atoms with Gasteiger partial charge >= 0.3 is 5.97 Å². The van der Waals surface area contributed by atoms with Crippen LogP contribution in [0.5, 0.6) is 0 Å². The van der Waals surface area contributed by atoms with E-state index in [1.54, 1.807) is 0 Å². The Morgan fingerprint density at radius 3 is 2.50 bits per heavy atom. The maximum absolute atomic E-state index is 10.9. The van der Waals surface area contributed by atoms with E-state index in [1.807, 2.05) is 6.92 Å². The molecule has 14 heavy (non-hydrogen) atoms. The number of nitrogens with zero attached hydrogens (tertiary/aromatic N) is 1. The van der Waals surface area contributed by atoms with Crippen LogP contribution in [-0.4, -0.2) is 11.6 Å². The van der Waals surface area contributed by atoms with Crippen molar-refractivity contribution in [1.29, 1.82) is 5.26 Å². The molecule has 3 nitrogen and oxygen atoms in total. The lowest BCUT2D eigenvalue weighted by Crippen LogP contribution is -2.41. The van der Waals surface area contributed by atoms with Gasteiger partial charge in [-0.15, -0.1) is 6.42 Å². The molecule has 1 aliphatic carbocycles. The van der Waals surface area contributed by atoms with Crippen LogP contribution < -0.4 is 0 Å². The average Bonchev–Trinajstić information content (AvgIpc) is 2.95. The molecule has 0 radical (unpaired) electrons. The Morgan fingerprint density at radius 1 is 1.71 bits per heavy atom. The molecule has 1 rings (SSSR count). The Labute approximate surface area is 84.0 Å². The van der Waals surface area contributed by atoms with E-state index in [-0.39, 0.29) is 0 Å². The standard InChI is InChI=1S/C11H13NO2/c1-4-11(5-2,14-9(3)13)10(8-12)6-7-10/h1H,5-7H2,2-3H3/t11-/m0/s1. The molecule has 0 N–H and O–H groups in total. The third-order valence-electron chi connectivity index (χ3n) is 2.79. The van der Waals surface area contributed by atoms with Crippen molar-refractivity contribution in [3.63, 3.8) is 0 Å². The molecular weight excluding hydrogens is 178 g/mol. The summed E-state index contributed by atoms with van der Waals surface area (Å²) in [7, 11) is 0. The fourth-order valence-electron chi connectivity index (χ4n) is 1.75. The number of carbonyl (C=O) groups is 1. The quantitative estimate of drug-likeness (QED) is 0.503. The molecular formula is C11H13NO2. The first-order valence-electron chi connectivity index (χ1n) is 4.64. The lowest BCUT2D eigenvalue weighted by atomic mass is 9.83. The molecule has 0 aliphatic heterocycles. The zero-order valence-electron chi connectivity index (χ0n) is 8.46. The van der Waals surface area contributed by atoms with Gasteiger partial charge in [0, 0.05) is 6.92 Å². The zero-order chi connectivity index (χ0) is 10.8. The minimum absolute atomic E-state index is 0.425. The Bertz CT molecular complexity index is 330. The molecule has 0 bridgehead atoms. The van der Waals surface area contributed by atoms with Gasteiger partial charge in [-0.2, -0.15) is 5.26 Å². The Hall–Kier alpha value is -1.48. The van der Waals surface area contributed by atoms with E-state index < -0.39 is 17.0 Å². The fourth-order valence-corrected chi connectivity index (χ4v) is 1.75. The molecule has 1 saturated carbocycles. The maximum atomic E-state index is 10.9. The zero-order valence-corrected chi connectivity index (χ0v) is 8.46. The number of esters is 1. The molecule has 0 aromatic heterocycles. The smallest absolute Gasteiger partial charge is 0.304 e. The summed E-state index contributed by atoms with van der Waals surface area (Å²) in [6.45, 7) is 3.15. The first-order chi connectivity index (χ1) is 6.56. The first kappa shape index (κ1) is 10.6. The van der Waals surface area contributed by atoms with Gasteiger partial charge in [0.15, 0.2) is 5.60 Å². The molecule has 1 fully saturated rings. The van der Waals surface area contributed by atoms with E-state index >= 15 is 0 Å². The second kappa shape index (κ2) is 3.35. The Balaban J connectivity index is 3.00. The van der Waals surface area contributed by atoms with Crippen LogP contribution in [0.15, 0.2) is 0 Å². The van der Waals surface area contributed by atoms with Crippen LogP contribution in [0, 0.1) is 29.1 Å². The lowest BCUT2D eigenvalue weighted by Gasteiger charge is -2.30. The topological polar surface area (TPSA) is 50.1 Å². The van der Waals surface area contributed by atoms with Crippen molar-refractivity contribution in [2.75, 3.05) is 0 Å². The fraction of sp³-hybridized carbons (Fsp3) is 0.636. The predicted molar refractivity (Wildman–Crippen MR) is 50.9 cm³/mol. The second-order valence-electron chi connectivity index (χ2n) is 3.61. The summed E-state index contributed by atoms with van der Waals surface area (Å²) < 4.78 is 5.16. The number of terminal acetylenes is 1. The second-order valence-corrected chi connectivity index (χ2v) is 3.61. The lowest BCUT2D eigenvalue weighted by molar-refractivity contribution is -0.155. The summed E-state index contributed by atoms with van der Waals surface area (Å²) in [5.41, 5.74) is -1.66. The predicted octanol–water partition coefficient (Wildman–Crippen LogP) is 1.64. The van der Waals surface area contributed by atoms with Crippen molar-refractivity contribution < 1.29 is 9.53 Å². The molecule has 0 amide bonds. The third-order valence-corrected chi connectivity index (χ3v) is 2.79. The number of hydrogen-bond donors (Lipinski definition) is 0. The SMILES string of the molecule is C#C[C@@](CC)(OC(C)=O)C1(C#N)CC1. The van der Waals surface area contributed by atoms with Gasteiger partial charge in [0.25, 0.3) is 0 Å². The van der Waals surface area contributed by atoms with Crippen LogP contribution in [0.2, 0.25) is 0 Å². The summed E-state index contributed by atoms with van der Waals surface area (Å²) >= 11 is 0. The molecule has 0 spiro atoms. The normalized spacial score (nSPS) is 21.1. The van der Waals surface area contributed by atoms with Crippen molar-refractivity contribution in [2.45, 2.75) is 38.7 Å². The molecule has 0 aromatic rings. The maximum Gasteiger partial charge on any atom is 0.304 e. The molecule has 0 aromatic carbocycles. The van der Waals surface area contributed by atoms with Crippen molar-refractivity contribution in [3.05, 3.63) is 0 Å². The van der Waals surface area contributed by atoms with Gasteiger partial charge in [0.2, 0.25) is 0 Å². The third kappa shape index (κ3) is 1.36. The van der Waals surface area contributed by atoms with E-state index in [0.29, 0.717) is 6.42 Å². The summed E-state index contributed by atoms with van der Waals surface area (Å²) in [6.07, 6.45) is 7.31. The highest BCUT2D eigenvalue weighted by Gasteiger charge is 2.61. The summed E-state index contributed by atoms with van der Waals surface area (Å²) in [6, 6.07) is 2.18. The Kier molecular flexibility index (Phi) is 2.53. The van der Waals surface area contributed by atoms with Gasteiger partial charge in [-0.3, -0.25) is 4.79 Å². The largest absolute Gasteiger partial charge is 0.444 e. The molecule has 1 atom stereocenters. The van der Waals surface area contributed by atoms with Crippen LogP contribution in [0.1, 0.15) is 33.1 Å². The van der Waals surface area contributed by atoms with Crippen LogP contribution in [0.25, 0.3) is 0 Å². The van der Waals surface area contributed by atoms with Crippen LogP contribution in [0.4, 0.5) is 0 Å². The minimum atomic E-state index is -1.02. The van der Waals surface area contributed by atoms with Crippen LogP contribution >= 0.6 is 0 Å². The van der Waals surface area contributed by atoms with Gasteiger partial charge in [-0.1, -0.05) is 12.8 Å². The van der Waals surface area contributed by atoms with Gasteiger partial charge in [0.05, 0.1) is 6.07 Å². The molecule has 0 unspecified atom stereocenters. The van der Waals surface area contributed by atoms with E-state index in [4.69, 9.17) is 16.4 Å². The van der Waals surface area contributed by atoms with Crippen molar-refractivity contribution in [1.82, 2.24) is 0 Å². The molecule has 3 heteroatoms. The van der Waals surface area contributed by atoms with Crippen LogP contribution in [0.3, 0.4) is 0 Å². The average molecular weight is 191 g/mol. The van der Waals surface area contributed by atoms with E-state index in [9.17, 15) is 4.79 Å². The molecule has 0 heterocycles. The number of carbonyl (C=O) groups excluding carboxylic acids is 1. The van der Waals surface area contributed by atoms with Crippen LogP contribution in [-0.2, 0) is 9.53 Å². The van der Waals surface area contributed by atoms with Crippen molar-refractivity contribution >= 4 is 5.97 Å². The van der Waals surface area contributed by atoms with E-state index in [0.717, 1.165) is 12.8 Å². The molecule has 74 valence electrons. The highest BCUT2D eigenvalue weighted by atomic mass is 16.6. The van der Waals surface area contributed by atoms with E-state index in [2.05, 4.69) is 12.0 Å². The molecule has 0 saturated heterocycles. The Morgan fingerprint density at radius 2 is 2.29 bits per heavy atom. The minimum Gasteiger partial charge on any atom is -0.444 e. The molecule has 1 aliphatic rings. The number of hydrogen-bond acceptors (Lipinski definition) is 3. The van der Waals surface area contributed by atoms with Gasteiger partial charge in [0.1, 0.15) is 5.41 Å². The summed E-state index contributed by atoms with van der Waals surface area (Å²) in [5, 5.41) is 9.03. The van der Waals surface area contributed by atoms with Crippen molar-refractivity contribution in [3.8, 4) is 18.4 Å². The summed E-state index contributed by atoms with van der Waals surface area (Å²) in [5.74, 6) is 2.06. The number of ether oxygens (including phenoxy) is 1.